The summed E-state index contributed by atoms with van der Waals surface area (Å²) in [6.45, 7) is 6.68. The van der Waals surface area contributed by atoms with E-state index in [4.69, 9.17) is 25.8 Å². The van der Waals surface area contributed by atoms with Crippen molar-refractivity contribution in [3.05, 3.63) is 28.8 Å². The Morgan fingerprint density at radius 2 is 2.00 bits per heavy atom. The SMILES string of the molecule is CC(C)[C@@H](C)NC(=O)COC(=O)/C=C\c1cc(Cl)c2c(c1)OCCCO2. The number of halogens is 1. The van der Waals surface area contributed by atoms with Crippen LogP contribution in [-0.4, -0.2) is 37.7 Å². The number of esters is 1. The molecule has 0 aromatic heterocycles. The van der Waals surface area contributed by atoms with Gasteiger partial charge in [-0.3, -0.25) is 4.79 Å². The number of nitrogens with one attached hydrogen (secondary N) is 1. The molecule has 6 nitrogen and oxygen atoms in total. The Hall–Kier alpha value is -2.21. The topological polar surface area (TPSA) is 73.9 Å². The molecule has 0 aliphatic carbocycles. The summed E-state index contributed by atoms with van der Waals surface area (Å²) in [6, 6.07) is 3.43. The van der Waals surface area contributed by atoms with Gasteiger partial charge in [0.1, 0.15) is 0 Å². The lowest BCUT2D eigenvalue weighted by molar-refractivity contribution is -0.144. The normalized spacial score (nSPS) is 14.8. The van der Waals surface area contributed by atoms with Crippen LogP contribution in [0.1, 0.15) is 32.8 Å². The summed E-state index contributed by atoms with van der Waals surface area (Å²) in [6.07, 6.45) is 3.58. The number of benzene rings is 1. The van der Waals surface area contributed by atoms with Crippen molar-refractivity contribution in [2.24, 2.45) is 5.92 Å². The van der Waals surface area contributed by atoms with Crippen molar-refractivity contribution in [2.45, 2.75) is 33.2 Å². The maximum Gasteiger partial charge on any atom is 0.331 e. The van der Waals surface area contributed by atoms with Gasteiger partial charge in [-0.2, -0.15) is 0 Å². The van der Waals surface area contributed by atoms with Gasteiger partial charge in [0.25, 0.3) is 5.91 Å². The first-order valence-electron chi connectivity index (χ1n) is 8.60. The first kappa shape index (κ1) is 20.1. The van der Waals surface area contributed by atoms with Gasteiger partial charge in [-0.1, -0.05) is 25.4 Å². The van der Waals surface area contributed by atoms with Crippen molar-refractivity contribution < 1.29 is 23.8 Å². The van der Waals surface area contributed by atoms with Crippen LogP contribution in [0.15, 0.2) is 18.2 Å². The van der Waals surface area contributed by atoms with E-state index in [0.29, 0.717) is 41.2 Å². The van der Waals surface area contributed by atoms with Crippen LogP contribution in [0.2, 0.25) is 5.02 Å². The number of carbonyl (C=O) groups is 2. The molecule has 0 spiro atoms. The molecule has 1 aromatic carbocycles. The Labute approximate surface area is 158 Å². The average molecular weight is 382 g/mol. The Kier molecular flexibility index (Phi) is 7.33. The molecule has 7 heteroatoms. The molecule has 0 bridgehead atoms. The van der Waals surface area contributed by atoms with Gasteiger partial charge in [-0.15, -0.1) is 0 Å². The summed E-state index contributed by atoms with van der Waals surface area (Å²) in [5.41, 5.74) is 0.675. The molecule has 142 valence electrons. The summed E-state index contributed by atoms with van der Waals surface area (Å²) < 4.78 is 16.1. The Bertz CT molecular complexity index is 687. The molecule has 26 heavy (non-hydrogen) atoms. The molecule has 1 atom stereocenters. The highest BCUT2D eigenvalue weighted by Gasteiger charge is 2.15. The van der Waals surface area contributed by atoms with Crippen molar-refractivity contribution in [2.75, 3.05) is 19.8 Å². The molecular formula is C19H24ClNO5. The molecule has 1 amide bonds. The van der Waals surface area contributed by atoms with Crippen molar-refractivity contribution in [3.8, 4) is 11.5 Å². The van der Waals surface area contributed by atoms with Crippen LogP contribution in [0.5, 0.6) is 11.5 Å². The van der Waals surface area contributed by atoms with Crippen LogP contribution >= 0.6 is 11.6 Å². The summed E-state index contributed by atoms with van der Waals surface area (Å²) in [5.74, 6) is 0.427. The molecule has 0 fully saturated rings. The van der Waals surface area contributed by atoms with Crippen molar-refractivity contribution in [3.63, 3.8) is 0 Å². The lowest BCUT2D eigenvalue weighted by Gasteiger charge is -2.17. The van der Waals surface area contributed by atoms with Crippen LogP contribution in [0.4, 0.5) is 0 Å². The zero-order valence-corrected chi connectivity index (χ0v) is 16.0. The molecule has 1 aliphatic rings. The number of rotatable bonds is 6. The molecule has 1 heterocycles. The van der Waals surface area contributed by atoms with Crippen LogP contribution in [0, 0.1) is 5.92 Å². The van der Waals surface area contributed by atoms with Crippen molar-refractivity contribution in [1.82, 2.24) is 5.32 Å². The van der Waals surface area contributed by atoms with E-state index in [0.717, 1.165) is 6.42 Å². The second kappa shape index (κ2) is 9.48. The van der Waals surface area contributed by atoms with Crippen LogP contribution in [0.3, 0.4) is 0 Å². The third-order valence-corrected chi connectivity index (χ3v) is 4.25. The zero-order valence-electron chi connectivity index (χ0n) is 15.2. The number of hydrogen-bond donors (Lipinski definition) is 1. The summed E-state index contributed by atoms with van der Waals surface area (Å²) >= 11 is 6.20. The van der Waals surface area contributed by atoms with E-state index >= 15 is 0 Å². The predicted molar refractivity (Wildman–Crippen MR) is 99.5 cm³/mol. The molecular weight excluding hydrogens is 358 g/mol. The number of fused-ring (bicyclic) bond motifs is 1. The highest BCUT2D eigenvalue weighted by atomic mass is 35.5. The highest BCUT2D eigenvalue weighted by molar-refractivity contribution is 6.32. The summed E-state index contributed by atoms with van der Waals surface area (Å²) in [5, 5.41) is 3.18. The standard InChI is InChI=1S/C19H24ClNO5/c1-12(2)13(3)21-17(22)11-26-18(23)6-5-14-9-15(20)19-16(10-14)24-7-4-8-25-19/h5-6,9-10,12-13H,4,7-8,11H2,1-3H3,(H,21,22)/b6-5-/t13-/m1/s1. The first-order valence-corrected chi connectivity index (χ1v) is 8.98. The lowest BCUT2D eigenvalue weighted by Crippen LogP contribution is -2.38. The van der Waals surface area contributed by atoms with E-state index in [1.807, 2.05) is 20.8 Å². The molecule has 0 saturated heterocycles. The third-order valence-electron chi connectivity index (χ3n) is 3.97. The third kappa shape index (κ3) is 5.95. The lowest BCUT2D eigenvalue weighted by atomic mass is 10.1. The second-order valence-electron chi connectivity index (χ2n) is 6.42. The quantitative estimate of drug-likeness (QED) is 0.605. The number of amides is 1. The number of carbonyl (C=O) groups excluding carboxylic acids is 2. The fraction of sp³-hybridized carbons (Fsp3) is 0.474. The second-order valence-corrected chi connectivity index (χ2v) is 6.83. The first-order chi connectivity index (χ1) is 12.4. The molecule has 0 unspecified atom stereocenters. The van der Waals surface area contributed by atoms with Crippen LogP contribution in [-0.2, 0) is 14.3 Å². The molecule has 0 radical (unpaired) electrons. The van der Waals surface area contributed by atoms with Crippen LogP contribution < -0.4 is 14.8 Å². The number of ether oxygens (including phenoxy) is 3. The van der Waals surface area contributed by atoms with Gasteiger partial charge in [0.05, 0.1) is 18.2 Å². The molecule has 1 aliphatic heterocycles. The van der Waals surface area contributed by atoms with E-state index in [2.05, 4.69) is 5.32 Å². The smallest absolute Gasteiger partial charge is 0.331 e. The predicted octanol–water partition coefficient (Wildman–Crippen LogP) is 3.22. The van der Waals surface area contributed by atoms with Gasteiger partial charge >= 0.3 is 5.97 Å². The largest absolute Gasteiger partial charge is 0.489 e. The summed E-state index contributed by atoms with van der Waals surface area (Å²) in [7, 11) is 0. The van der Waals surface area contributed by atoms with Gasteiger partial charge in [-0.25, -0.2) is 4.79 Å². The monoisotopic (exact) mass is 381 g/mol. The van der Waals surface area contributed by atoms with Gasteiger partial charge in [-0.05, 0) is 36.6 Å². The maximum atomic E-state index is 11.8. The zero-order chi connectivity index (χ0) is 19.1. The van der Waals surface area contributed by atoms with E-state index < -0.39 is 5.97 Å². The van der Waals surface area contributed by atoms with Crippen molar-refractivity contribution >= 4 is 29.6 Å². The minimum absolute atomic E-state index is 0.0145. The van der Waals surface area contributed by atoms with Gasteiger partial charge in [0.15, 0.2) is 18.1 Å². The van der Waals surface area contributed by atoms with Gasteiger partial charge in [0.2, 0.25) is 0 Å². The Morgan fingerprint density at radius 3 is 2.73 bits per heavy atom. The minimum Gasteiger partial charge on any atom is -0.489 e. The highest BCUT2D eigenvalue weighted by Crippen LogP contribution is 2.38. The van der Waals surface area contributed by atoms with E-state index in [1.165, 1.54) is 6.08 Å². The van der Waals surface area contributed by atoms with E-state index in [1.54, 1.807) is 18.2 Å². The molecule has 1 N–H and O–H groups in total. The van der Waals surface area contributed by atoms with Crippen molar-refractivity contribution in [1.29, 1.82) is 0 Å². The Balaban J connectivity index is 1.91. The maximum absolute atomic E-state index is 11.8. The van der Waals surface area contributed by atoms with Gasteiger partial charge in [0, 0.05) is 18.5 Å². The fourth-order valence-corrected chi connectivity index (χ4v) is 2.43. The Morgan fingerprint density at radius 1 is 1.27 bits per heavy atom. The molecule has 2 rings (SSSR count). The molecule has 0 saturated carbocycles. The summed E-state index contributed by atoms with van der Waals surface area (Å²) in [4.78, 5) is 23.5. The van der Waals surface area contributed by atoms with E-state index in [9.17, 15) is 9.59 Å². The fourth-order valence-electron chi connectivity index (χ4n) is 2.16. The van der Waals surface area contributed by atoms with Gasteiger partial charge < -0.3 is 19.5 Å². The molecule has 1 aromatic rings. The average Bonchev–Trinajstić information content (AvgIpc) is 2.83. The van der Waals surface area contributed by atoms with E-state index in [-0.39, 0.29) is 18.6 Å². The number of hydrogen-bond acceptors (Lipinski definition) is 5. The van der Waals surface area contributed by atoms with Crippen LogP contribution in [0.25, 0.3) is 6.08 Å². The minimum atomic E-state index is -0.611.